The molecule has 3 rings (SSSR count). The Morgan fingerprint density at radius 2 is 2.04 bits per heavy atom. The maximum Gasteiger partial charge on any atom is 0.230 e. The fraction of sp³-hybridized carbons (Fsp3) is 0.444. The SMILES string of the molecule is Cc1nc(-c2ccccc2)sc1CNC(=O)CSC1CCCC1. The van der Waals surface area contributed by atoms with Gasteiger partial charge in [0.15, 0.2) is 0 Å². The first-order valence-corrected chi connectivity index (χ1v) is 9.99. The topological polar surface area (TPSA) is 42.0 Å². The Kier molecular flexibility index (Phi) is 5.73. The second-order valence-corrected chi connectivity index (χ2v) is 8.26. The van der Waals surface area contributed by atoms with Crippen LogP contribution in [-0.2, 0) is 11.3 Å². The quantitative estimate of drug-likeness (QED) is 0.842. The summed E-state index contributed by atoms with van der Waals surface area (Å²) < 4.78 is 0. The number of thioether (sulfide) groups is 1. The molecular formula is C18H22N2OS2. The number of nitrogens with one attached hydrogen (secondary N) is 1. The van der Waals surface area contributed by atoms with Gasteiger partial charge in [0, 0.05) is 15.7 Å². The van der Waals surface area contributed by atoms with E-state index in [-0.39, 0.29) is 5.91 Å². The monoisotopic (exact) mass is 346 g/mol. The van der Waals surface area contributed by atoms with Crippen molar-refractivity contribution in [3.8, 4) is 10.6 Å². The summed E-state index contributed by atoms with van der Waals surface area (Å²) in [5.74, 6) is 0.713. The molecule has 0 radical (unpaired) electrons. The van der Waals surface area contributed by atoms with E-state index in [2.05, 4.69) is 22.4 Å². The van der Waals surface area contributed by atoms with E-state index in [9.17, 15) is 4.79 Å². The van der Waals surface area contributed by atoms with Crippen LogP contribution in [0.1, 0.15) is 36.3 Å². The lowest BCUT2D eigenvalue weighted by Gasteiger charge is -2.08. The van der Waals surface area contributed by atoms with Crippen molar-refractivity contribution in [2.45, 2.75) is 44.4 Å². The van der Waals surface area contributed by atoms with Gasteiger partial charge in [0.05, 0.1) is 18.0 Å². The molecule has 1 fully saturated rings. The van der Waals surface area contributed by atoms with E-state index in [1.807, 2.05) is 36.9 Å². The smallest absolute Gasteiger partial charge is 0.230 e. The second kappa shape index (κ2) is 7.97. The molecule has 23 heavy (non-hydrogen) atoms. The Morgan fingerprint density at radius 3 is 2.78 bits per heavy atom. The molecule has 1 aliphatic carbocycles. The molecule has 0 spiro atoms. The molecule has 1 heterocycles. The number of hydrogen-bond acceptors (Lipinski definition) is 4. The van der Waals surface area contributed by atoms with Gasteiger partial charge in [0.2, 0.25) is 5.91 Å². The molecule has 0 atom stereocenters. The maximum absolute atomic E-state index is 12.0. The van der Waals surface area contributed by atoms with Crippen LogP contribution < -0.4 is 5.32 Å². The van der Waals surface area contributed by atoms with Crippen LogP contribution in [0.4, 0.5) is 0 Å². The third-order valence-electron chi connectivity index (χ3n) is 4.11. The number of rotatable bonds is 6. The summed E-state index contributed by atoms with van der Waals surface area (Å²) in [5.41, 5.74) is 2.15. The van der Waals surface area contributed by atoms with E-state index in [0.29, 0.717) is 17.5 Å². The Labute approximate surface area is 145 Å². The molecule has 0 aliphatic heterocycles. The molecule has 122 valence electrons. The number of aromatic nitrogens is 1. The molecule has 3 nitrogen and oxygen atoms in total. The Morgan fingerprint density at radius 1 is 1.30 bits per heavy atom. The zero-order valence-electron chi connectivity index (χ0n) is 13.4. The first kappa shape index (κ1) is 16.5. The van der Waals surface area contributed by atoms with Gasteiger partial charge in [0.1, 0.15) is 5.01 Å². The van der Waals surface area contributed by atoms with Gasteiger partial charge in [-0.05, 0) is 19.8 Å². The average Bonchev–Trinajstić information content (AvgIpc) is 3.21. The van der Waals surface area contributed by atoms with Gasteiger partial charge in [-0.3, -0.25) is 4.79 Å². The van der Waals surface area contributed by atoms with Crippen molar-refractivity contribution in [3.63, 3.8) is 0 Å². The minimum absolute atomic E-state index is 0.135. The molecule has 1 aliphatic rings. The molecule has 5 heteroatoms. The normalized spacial score (nSPS) is 15.0. The number of carbonyl (C=O) groups excluding carboxylic acids is 1. The highest BCUT2D eigenvalue weighted by Crippen LogP contribution is 2.29. The van der Waals surface area contributed by atoms with Crippen molar-refractivity contribution in [3.05, 3.63) is 40.9 Å². The van der Waals surface area contributed by atoms with E-state index in [0.717, 1.165) is 21.1 Å². The number of nitrogens with zero attached hydrogens (tertiary/aromatic N) is 1. The van der Waals surface area contributed by atoms with Crippen molar-refractivity contribution in [2.24, 2.45) is 0 Å². The van der Waals surface area contributed by atoms with E-state index in [1.165, 1.54) is 25.7 Å². The maximum atomic E-state index is 12.0. The summed E-state index contributed by atoms with van der Waals surface area (Å²) in [6, 6.07) is 10.2. The van der Waals surface area contributed by atoms with E-state index >= 15 is 0 Å². The summed E-state index contributed by atoms with van der Waals surface area (Å²) in [6.45, 7) is 2.60. The van der Waals surface area contributed by atoms with Crippen LogP contribution in [0.3, 0.4) is 0 Å². The lowest BCUT2D eigenvalue weighted by molar-refractivity contribution is -0.118. The largest absolute Gasteiger partial charge is 0.350 e. The Balaban J connectivity index is 1.52. The van der Waals surface area contributed by atoms with Crippen LogP contribution in [0.25, 0.3) is 10.6 Å². The van der Waals surface area contributed by atoms with Gasteiger partial charge in [-0.2, -0.15) is 0 Å². The summed E-state index contributed by atoms with van der Waals surface area (Å²) in [5, 5.41) is 4.75. The van der Waals surface area contributed by atoms with E-state index < -0.39 is 0 Å². The first-order chi connectivity index (χ1) is 11.2. The van der Waals surface area contributed by atoms with Crippen molar-refractivity contribution >= 4 is 29.0 Å². The summed E-state index contributed by atoms with van der Waals surface area (Å²) in [4.78, 5) is 17.8. The third kappa shape index (κ3) is 4.58. The number of hydrogen-bond donors (Lipinski definition) is 1. The van der Waals surface area contributed by atoms with Gasteiger partial charge >= 0.3 is 0 Å². The van der Waals surface area contributed by atoms with Crippen molar-refractivity contribution < 1.29 is 4.79 Å². The summed E-state index contributed by atoms with van der Waals surface area (Å²) in [7, 11) is 0. The van der Waals surface area contributed by atoms with Crippen LogP contribution in [0, 0.1) is 6.92 Å². The zero-order chi connectivity index (χ0) is 16.1. The minimum atomic E-state index is 0.135. The van der Waals surface area contributed by atoms with Gasteiger partial charge in [-0.25, -0.2) is 4.98 Å². The van der Waals surface area contributed by atoms with Crippen molar-refractivity contribution in [1.82, 2.24) is 10.3 Å². The molecule has 2 aromatic rings. The number of thiazole rings is 1. The second-order valence-electron chi connectivity index (χ2n) is 5.89. The molecule has 1 N–H and O–H groups in total. The predicted octanol–water partition coefficient (Wildman–Crippen LogP) is 4.41. The highest BCUT2D eigenvalue weighted by molar-refractivity contribution is 8.00. The minimum Gasteiger partial charge on any atom is -0.350 e. The van der Waals surface area contributed by atoms with Crippen LogP contribution in [0.15, 0.2) is 30.3 Å². The first-order valence-electron chi connectivity index (χ1n) is 8.12. The zero-order valence-corrected chi connectivity index (χ0v) is 15.0. The van der Waals surface area contributed by atoms with Crippen LogP contribution in [-0.4, -0.2) is 21.9 Å². The molecular weight excluding hydrogens is 324 g/mol. The standard InChI is InChI=1S/C18H22N2OS2/c1-13-16(23-18(20-13)14-7-3-2-4-8-14)11-19-17(21)12-22-15-9-5-6-10-15/h2-4,7-8,15H,5-6,9-12H2,1H3,(H,19,21). The van der Waals surface area contributed by atoms with Gasteiger partial charge in [-0.15, -0.1) is 23.1 Å². The van der Waals surface area contributed by atoms with Crippen LogP contribution >= 0.6 is 23.1 Å². The summed E-state index contributed by atoms with van der Waals surface area (Å²) in [6.07, 6.45) is 5.18. The van der Waals surface area contributed by atoms with Gasteiger partial charge in [-0.1, -0.05) is 43.2 Å². The number of carbonyl (C=O) groups is 1. The molecule has 0 bridgehead atoms. The highest BCUT2D eigenvalue weighted by Gasteiger charge is 2.17. The lowest BCUT2D eigenvalue weighted by Crippen LogP contribution is -2.25. The van der Waals surface area contributed by atoms with Crippen molar-refractivity contribution in [1.29, 1.82) is 0 Å². The molecule has 1 saturated carbocycles. The van der Waals surface area contributed by atoms with E-state index in [4.69, 9.17) is 0 Å². The molecule has 1 aromatic carbocycles. The third-order valence-corrected chi connectivity index (χ3v) is 6.69. The molecule has 1 aromatic heterocycles. The highest BCUT2D eigenvalue weighted by atomic mass is 32.2. The van der Waals surface area contributed by atoms with Crippen molar-refractivity contribution in [2.75, 3.05) is 5.75 Å². The fourth-order valence-electron chi connectivity index (χ4n) is 2.77. The number of benzene rings is 1. The van der Waals surface area contributed by atoms with Crippen LogP contribution in [0.2, 0.25) is 0 Å². The Bertz CT molecular complexity index is 648. The summed E-state index contributed by atoms with van der Waals surface area (Å²) >= 11 is 3.47. The van der Waals surface area contributed by atoms with Crippen LogP contribution in [0.5, 0.6) is 0 Å². The molecule has 0 saturated heterocycles. The number of aryl methyl sites for hydroxylation is 1. The predicted molar refractivity (Wildman–Crippen MR) is 98.8 cm³/mol. The number of amides is 1. The molecule has 0 unspecified atom stereocenters. The van der Waals surface area contributed by atoms with Gasteiger partial charge in [0.25, 0.3) is 0 Å². The van der Waals surface area contributed by atoms with Gasteiger partial charge < -0.3 is 5.32 Å². The lowest BCUT2D eigenvalue weighted by atomic mass is 10.2. The Hall–Kier alpha value is -1.33. The average molecular weight is 347 g/mol. The molecule has 1 amide bonds. The van der Waals surface area contributed by atoms with E-state index in [1.54, 1.807) is 11.3 Å². The fourth-order valence-corrected chi connectivity index (χ4v) is 4.94.